The second-order valence-corrected chi connectivity index (χ2v) is 5.17. The minimum Gasteiger partial charge on any atom is -0.493 e. The Morgan fingerprint density at radius 2 is 2.35 bits per heavy atom. The van der Waals surface area contributed by atoms with Crippen molar-refractivity contribution < 1.29 is 4.74 Å². The van der Waals surface area contributed by atoms with Gasteiger partial charge in [0.2, 0.25) is 0 Å². The van der Waals surface area contributed by atoms with Crippen LogP contribution in [0.4, 0.5) is 5.69 Å². The van der Waals surface area contributed by atoms with Crippen LogP contribution in [-0.4, -0.2) is 25.7 Å². The third-order valence-corrected chi connectivity index (χ3v) is 3.50. The predicted octanol–water partition coefficient (Wildman–Crippen LogP) is 2.92. The zero-order chi connectivity index (χ0) is 14.0. The first kappa shape index (κ1) is 14.7. The SMILES string of the molecule is N#CCCCOc1cccc(NCC2CCCCN2)c1. The first-order chi connectivity index (χ1) is 9.88. The van der Waals surface area contributed by atoms with E-state index in [4.69, 9.17) is 10.00 Å². The molecule has 1 atom stereocenters. The van der Waals surface area contributed by atoms with Crippen LogP contribution in [0.3, 0.4) is 0 Å². The van der Waals surface area contributed by atoms with Gasteiger partial charge in [-0.05, 0) is 37.9 Å². The highest BCUT2D eigenvalue weighted by molar-refractivity contribution is 5.48. The van der Waals surface area contributed by atoms with Crippen molar-refractivity contribution in [2.45, 2.75) is 38.1 Å². The third-order valence-electron chi connectivity index (χ3n) is 3.50. The number of rotatable bonds is 7. The Bertz CT molecular complexity index is 436. The Morgan fingerprint density at radius 1 is 1.40 bits per heavy atom. The van der Waals surface area contributed by atoms with Crippen molar-refractivity contribution in [3.8, 4) is 11.8 Å². The highest BCUT2D eigenvalue weighted by Crippen LogP contribution is 2.18. The Kier molecular flexibility index (Phi) is 6.19. The van der Waals surface area contributed by atoms with Gasteiger partial charge in [0.25, 0.3) is 0 Å². The molecule has 0 bridgehead atoms. The van der Waals surface area contributed by atoms with Crippen molar-refractivity contribution in [3.05, 3.63) is 24.3 Å². The van der Waals surface area contributed by atoms with E-state index in [1.165, 1.54) is 19.3 Å². The van der Waals surface area contributed by atoms with E-state index in [2.05, 4.69) is 22.8 Å². The summed E-state index contributed by atoms with van der Waals surface area (Å²) in [4.78, 5) is 0. The quantitative estimate of drug-likeness (QED) is 0.750. The normalized spacial score (nSPS) is 18.2. The van der Waals surface area contributed by atoms with Gasteiger partial charge < -0.3 is 15.4 Å². The number of nitrogens with zero attached hydrogens (tertiary/aromatic N) is 1. The number of unbranched alkanes of at least 4 members (excludes halogenated alkanes) is 1. The summed E-state index contributed by atoms with van der Waals surface area (Å²) >= 11 is 0. The van der Waals surface area contributed by atoms with Gasteiger partial charge in [0.1, 0.15) is 5.75 Å². The number of piperidine rings is 1. The van der Waals surface area contributed by atoms with Crippen molar-refractivity contribution in [1.29, 1.82) is 5.26 Å². The van der Waals surface area contributed by atoms with Gasteiger partial charge in [-0.3, -0.25) is 0 Å². The maximum atomic E-state index is 8.48. The molecule has 0 aromatic heterocycles. The molecule has 0 radical (unpaired) electrons. The molecule has 0 amide bonds. The standard InChI is InChI=1S/C16H23N3O/c17-9-2-4-11-20-16-8-5-7-14(12-16)19-13-15-6-1-3-10-18-15/h5,7-8,12,15,18-19H,1-4,6,10-11,13H2. The van der Waals surface area contributed by atoms with E-state index >= 15 is 0 Å². The lowest BCUT2D eigenvalue weighted by Crippen LogP contribution is -2.39. The van der Waals surface area contributed by atoms with Gasteiger partial charge in [-0.1, -0.05) is 12.5 Å². The van der Waals surface area contributed by atoms with Crippen molar-refractivity contribution in [3.63, 3.8) is 0 Å². The first-order valence-electron chi connectivity index (χ1n) is 7.45. The molecule has 20 heavy (non-hydrogen) atoms. The van der Waals surface area contributed by atoms with Crippen molar-refractivity contribution in [2.24, 2.45) is 0 Å². The lowest BCUT2D eigenvalue weighted by Gasteiger charge is -2.24. The number of benzene rings is 1. The van der Waals surface area contributed by atoms with Crippen molar-refractivity contribution >= 4 is 5.69 Å². The fraction of sp³-hybridized carbons (Fsp3) is 0.562. The molecule has 1 unspecified atom stereocenters. The average molecular weight is 273 g/mol. The molecule has 1 heterocycles. The van der Waals surface area contributed by atoms with E-state index in [0.29, 0.717) is 19.1 Å². The first-order valence-corrected chi connectivity index (χ1v) is 7.45. The van der Waals surface area contributed by atoms with Crippen LogP contribution in [-0.2, 0) is 0 Å². The highest BCUT2D eigenvalue weighted by Gasteiger charge is 2.11. The van der Waals surface area contributed by atoms with Crippen molar-refractivity contribution in [1.82, 2.24) is 5.32 Å². The monoisotopic (exact) mass is 273 g/mol. The predicted molar refractivity (Wildman–Crippen MR) is 80.9 cm³/mol. The van der Waals surface area contributed by atoms with E-state index in [-0.39, 0.29) is 0 Å². The molecule has 2 rings (SSSR count). The summed E-state index contributed by atoms with van der Waals surface area (Å²) in [6, 6.07) is 10.7. The van der Waals surface area contributed by atoms with Gasteiger partial charge >= 0.3 is 0 Å². The lowest BCUT2D eigenvalue weighted by atomic mass is 10.1. The summed E-state index contributed by atoms with van der Waals surface area (Å²) < 4.78 is 5.63. The molecule has 0 aliphatic carbocycles. The van der Waals surface area contributed by atoms with E-state index in [1.54, 1.807) is 0 Å². The Morgan fingerprint density at radius 3 is 3.15 bits per heavy atom. The number of nitriles is 1. The van der Waals surface area contributed by atoms with Crippen LogP contribution in [0.25, 0.3) is 0 Å². The van der Waals surface area contributed by atoms with Gasteiger partial charge in [-0.25, -0.2) is 0 Å². The molecule has 2 N–H and O–H groups in total. The van der Waals surface area contributed by atoms with E-state index in [1.807, 2.05) is 18.2 Å². The number of anilines is 1. The van der Waals surface area contributed by atoms with Crippen LogP contribution in [0.2, 0.25) is 0 Å². The molecular weight excluding hydrogens is 250 g/mol. The minimum absolute atomic E-state index is 0.547. The number of hydrogen-bond donors (Lipinski definition) is 2. The summed E-state index contributed by atoms with van der Waals surface area (Å²) in [5.41, 5.74) is 1.09. The molecule has 0 spiro atoms. The average Bonchev–Trinajstić information content (AvgIpc) is 2.51. The molecular formula is C16H23N3O. The molecule has 1 aliphatic heterocycles. The fourth-order valence-electron chi connectivity index (χ4n) is 2.38. The molecule has 1 fully saturated rings. The van der Waals surface area contributed by atoms with E-state index in [0.717, 1.165) is 30.9 Å². The molecule has 1 aromatic carbocycles. The molecule has 1 aliphatic rings. The van der Waals surface area contributed by atoms with Crippen LogP contribution < -0.4 is 15.4 Å². The van der Waals surface area contributed by atoms with Gasteiger partial charge in [0.05, 0.1) is 12.7 Å². The minimum atomic E-state index is 0.547. The van der Waals surface area contributed by atoms with Gasteiger partial charge in [0, 0.05) is 30.8 Å². The van der Waals surface area contributed by atoms with Crippen LogP contribution in [0.1, 0.15) is 32.1 Å². The van der Waals surface area contributed by atoms with Crippen LogP contribution in [0, 0.1) is 11.3 Å². The fourth-order valence-corrected chi connectivity index (χ4v) is 2.38. The molecule has 1 saturated heterocycles. The Labute approximate surface area is 121 Å². The van der Waals surface area contributed by atoms with Crippen LogP contribution in [0.5, 0.6) is 5.75 Å². The summed E-state index contributed by atoms with van der Waals surface area (Å²) in [6.07, 6.45) is 5.19. The number of hydrogen-bond acceptors (Lipinski definition) is 4. The maximum Gasteiger partial charge on any atom is 0.121 e. The summed E-state index contributed by atoms with van der Waals surface area (Å²) in [5.74, 6) is 0.865. The Balaban J connectivity index is 1.75. The van der Waals surface area contributed by atoms with Crippen molar-refractivity contribution in [2.75, 3.05) is 25.0 Å². The van der Waals surface area contributed by atoms with Gasteiger partial charge in [-0.2, -0.15) is 5.26 Å². The molecule has 4 nitrogen and oxygen atoms in total. The van der Waals surface area contributed by atoms with Crippen LogP contribution in [0.15, 0.2) is 24.3 Å². The number of ether oxygens (including phenoxy) is 1. The third kappa shape index (κ3) is 5.10. The molecule has 0 saturated carbocycles. The van der Waals surface area contributed by atoms with E-state index in [9.17, 15) is 0 Å². The zero-order valence-electron chi connectivity index (χ0n) is 11.9. The van der Waals surface area contributed by atoms with Gasteiger partial charge in [0.15, 0.2) is 0 Å². The molecule has 1 aromatic rings. The van der Waals surface area contributed by atoms with Gasteiger partial charge in [-0.15, -0.1) is 0 Å². The Hall–Kier alpha value is -1.73. The largest absolute Gasteiger partial charge is 0.493 e. The highest BCUT2D eigenvalue weighted by atomic mass is 16.5. The topological polar surface area (TPSA) is 57.1 Å². The number of nitrogens with one attached hydrogen (secondary N) is 2. The zero-order valence-corrected chi connectivity index (χ0v) is 11.9. The smallest absolute Gasteiger partial charge is 0.121 e. The van der Waals surface area contributed by atoms with E-state index < -0.39 is 0 Å². The second-order valence-electron chi connectivity index (χ2n) is 5.17. The maximum absolute atomic E-state index is 8.48. The summed E-state index contributed by atoms with van der Waals surface area (Å²) in [5, 5.41) is 15.5. The summed E-state index contributed by atoms with van der Waals surface area (Å²) in [6.45, 7) is 2.69. The van der Waals surface area contributed by atoms with Crippen LogP contribution >= 0.6 is 0 Å². The molecule has 4 heteroatoms. The summed E-state index contributed by atoms with van der Waals surface area (Å²) in [7, 11) is 0. The second kappa shape index (κ2) is 8.44. The lowest BCUT2D eigenvalue weighted by molar-refractivity contribution is 0.313. The molecule has 108 valence electrons.